The van der Waals surface area contributed by atoms with Crippen molar-refractivity contribution in [1.29, 1.82) is 0 Å². The summed E-state index contributed by atoms with van der Waals surface area (Å²) >= 11 is 0. The van der Waals surface area contributed by atoms with Crippen molar-refractivity contribution in [1.82, 2.24) is 0 Å². The molecule has 96 valence electrons. The summed E-state index contributed by atoms with van der Waals surface area (Å²) < 4.78 is 12.2. The predicted octanol–water partition coefficient (Wildman–Crippen LogP) is 2.85. The first-order chi connectivity index (χ1) is 7.62. The third-order valence-electron chi connectivity index (χ3n) is 3.74. The van der Waals surface area contributed by atoms with E-state index in [4.69, 9.17) is 0 Å². The monoisotopic (exact) mass is 254 g/mol. The second-order valence-electron chi connectivity index (χ2n) is 7.10. The third-order valence-corrected chi connectivity index (χ3v) is 5.97. The van der Waals surface area contributed by atoms with E-state index >= 15 is 0 Å². The molecule has 3 atom stereocenters. The van der Waals surface area contributed by atoms with Gasteiger partial charge in [-0.25, -0.2) is 0 Å². The van der Waals surface area contributed by atoms with Crippen LogP contribution in [0.5, 0.6) is 0 Å². The van der Waals surface area contributed by atoms with E-state index in [0.29, 0.717) is 0 Å². The van der Waals surface area contributed by atoms with Crippen LogP contribution < -0.4 is 0 Å². The molecule has 2 rings (SSSR count). The van der Waals surface area contributed by atoms with Crippen LogP contribution in [-0.2, 0) is 15.6 Å². The number of hydrogen-bond donors (Lipinski definition) is 0. The lowest BCUT2D eigenvalue weighted by molar-refractivity contribution is -0.114. The van der Waals surface area contributed by atoms with Gasteiger partial charge in [-0.15, -0.1) is 0 Å². The van der Waals surface area contributed by atoms with Gasteiger partial charge in [0.15, 0.2) is 5.78 Å². The average Bonchev–Trinajstić information content (AvgIpc) is 2.52. The second kappa shape index (κ2) is 3.78. The van der Waals surface area contributed by atoms with Gasteiger partial charge in [0.1, 0.15) is 5.25 Å². The van der Waals surface area contributed by atoms with Crippen molar-refractivity contribution in [2.24, 2.45) is 11.3 Å². The quantitative estimate of drug-likeness (QED) is 0.721. The molecular weight excluding hydrogens is 232 g/mol. The Labute approximate surface area is 106 Å². The van der Waals surface area contributed by atoms with Crippen molar-refractivity contribution in [3.05, 3.63) is 11.6 Å². The van der Waals surface area contributed by atoms with Crippen molar-refractivity contribution in [2.45, 2.75) is 57.5 Å². The van der Waals surface area contributed by atoms with E-state index < -0.39 is 10.8 Å². The summed E-state index contributed by atoms with van der Waals surface area (Å²) in [5.41, 5.74) is 1.50. The minimum absolute atomic E-state index is 0.0914. The van der Waals surface area contributed by atoms with E-state index in [1.165, 1.54) is 5.57 Å². The van der Waals surface area contributed by atoms with E-state index in [9.17, 15) is 9.00 Å². The predicted molar refractivity (Wildman–Crippen MR) is 71.3 cm³/mol. The van der Waals surface area contributed by atoms with Gasteiger partial charge in [0.05, 0.1) is 0 Å². The molecule has 1 saturated carbocycles. The van der Waals surface area contributed by atoms with Crippen LogP contribution in [0.4, 0.5) is 0 Å². The largest absolute Gasteiger partial charge is 0.293 e. The molecule has 3 heteroatoms. The second-order valence-corrected chi connectivity index (χ2v) is 9.43. The first-order valence-corrected chi connectivity index (χ1v) is 7.48. The molecule has 2 nitrogen and oxygen atoms in total. The smallest absolute Gasteiger partial charge is 0.171 e. The van der Waals surface area contributed by atoms with Crippen LogP contribution in [-0.4, -0.2) is 20.0 Å². The molecule has 0 radical (unpaired) electrons. The summed E-state index contributed by atoms with van der Waals surface area (Å²) in [5, 5.41) is -0.285. The molecule has 0 aromatic rings. The van der Waals surface area contributed by atoms with E-state index in [1.54, 1.807) is 6.08 Å². The lowest BCUT2D eigenvalue weighted by Gasteiger charge is -2.26. The van der Waals surface area contributed by atoms with Crippen molar-refractivity contribution in [3.63, 3.8) is 0 Å². The zero-order chi connectivity index (χ0) is 13.0. The lowest BCUT2D eigenvalue weighted by Crippen LogP contribution is -2.38. The zero-order valence-electron chi connectivity index (χ0n) is 11.4. The Hall–Kier alpha value is -0.440. The lowest BCUT2D eigenvalue weighted by atomic mass is 9.89. The van der Waals surface area contributed by atoms with Crippen LogP contribution in [0.25, 0.3) is 0 Å². The molecule has 1 fully saturated rings. The summed E-state index contributed by atoms with van der Waals surface area (Å²) in [6.07, 6.45) is 3.76. The number of rotatable bonds is 1. The van der Waals surface area contributed by atoms with Gasteiger partial charge in [-0.2, -0.15) is 0 Å². The van der Waals surface area contributed by atoms with Crippen molar-refractivity contribution in [2.75, 3.05) is 0 Å². The molecule has 0 bridgehead atoms. The highest BCUT2D eigenvalue weighted by atomic mass is 32.2. The molecule has 17 heavy (non-hydrogen) atoms. The molecule has 2 aliphatic rings. The maximum absolute atomic E-state index is 12.5. The SMILES string of the molecule is CC1(C)CC2=CC(=O)[C@H](S(=O)C(C)(C)C)[C@H]2C1. The van der Waals surface area contributed by atoms with Crippen LogP contribution >= 0.6 is 0 Å². The number of hydrogen-bond acceptors (Lipinski definition) is 2. The molecule has 0 heterocycles. The van der Waals surface area contributed by atoms with Crippen LogP contribution in [0, 0.1) is 11.3 Å². The van der Waals surface area contributed by atoms with Gasteiger partial charge in [0.25, 0.3) is 0 Å². The van der Waals surface area contributed by atoms with Gasteiger partial charge < -0.3 is 0 Å². The van der Waals surface area contributed by atoms with Crippen LogP contribution in [0.2, 0.25) is 0 Å². The fourth-order valence-corrected chi connectivity index (χ4v) is 4.65. The zero-order valence-corrected chi connectivity index (χ0v) is 12.2. The van der Waals surface area contributed by atoms with E-state index in [-0.39, 0.29) is 27.1 Å². The topological polar surface area (TPSA) is 34.1 Å². The number of ketones is 1. The summed E-state index contributed by atoms with van der Waals surface area (Å²) in [4.78, 5) is 12.0. The Morgan fingerprint density at radius 3 is 2.47 bits per heavy atom. The van der Waals surface area contributed by atoms with Crippen LogP contribution in [0.3, 0.4) is 0 Å². The Morgan fingerprint density at radius 1 is 1.35 bits per heavy atom. The third kappa shape index (κ3) is 2.26. The maximum atomic E-state index is 12.5. The molecule has 0 N–H and O–H groups in total. The molecule has 0 aromatic heterocycles. The molecule has 2 aliphatic carbocycles. The Kier molecular flexibility index (Phi) is 2.89. The number of allylic oxidation sites excluding steroid dienone is 2. The van der Waals surface area contributed by atoms with Gasteiger partial charge in [0.2, 0.25) is 0 Å². The van der Waals surface area contributed by atoms with Crippen molar-refractivity contribution in [3.8, 4) is 0 Å². The van der Waals surface area contributed by atoms with Crippen molar-refractivity contribution < 1.29 is 9.00 Å². The molecular formula is C14H22O2S. The average molecular weight is 254 g/mol. The summed E-state index contributed by atoms with van der Waals surface area (Å²) in [6.45, 7) is 10.3. The van der Waals surface area contributed by atoms with Gasteiger partial charge in [-0.3, -0.25) is 9.00 Å². The molecule has 0 aliphatic heterocycles. The van der Waals surface area contributed by atoms with Gasteiger partial charge in [-0.1, -0.05) is 19.4 Å². The molecule has 0 aromatic carbocycles. The molecule has 0 spiro atoms. The number of fused-ring (bicyclic) bond motifs is 1. The van der Waals surface area contributed by atoms with E-state index in [2.05, 4.69) is 13.8 Å². The molecule has 1 unspecified atom stereocenters. The standard InChI is InChI=1S/C14H22O2S/c1-13(2,3)17(16)12-10-8-14(4,5)7-9(10)6-11(12)15/h6,10,12H,7-8H2,1-5H3/t10-,12+,17?/m0/s1. The minimum Gasteiger partial charge on any atom is -0.293 e. The van der Waals surface area contributed by atoms with E-state index in [0.717, 1.165) is 12.8 Å². The van der Waals surface area contributed by atoms with E-state index in [1.807, 2.05) is 20.8 Å². The number of carbonyl (C=O) groups excluding carboxylic acids is 1. The Bertz CT molecular complexity index is 412. The van der Waals surface area contributed by atoms with Gasteiger partial charge >= 0.3 is 0 Å². The summed E-state index contributed by atoms with van der Waals surface area (Å²) in [7, 11) is -1.09. The normalized spacial score (nSPS) is 33.5. The fourth-order valence-electron chi connectivity index (χ4n) is 3.04. The number of carbonyl (C=O) groups is 1. The van der Waals surface area contributed by atoms with Gasteiger partial charge in [0, 0.05) is 21.5 Å². The van der Waals surface area contributed by atoms with Gasteiger partial charge in [-0.05, 0) is 45.1 Å². The highest BCUT2D eigenvalue weighted by Gasteiger charge is 2.49. The first-order valence-electron chi connectivity index (χ1n) is 6.27. The first kappa shape index (κ1) is 13.0. The highest BCUT2D eigenvalue weighted by molar-refractivity contribution is 7.87. The Morgan fingerprint density at radius 2 is 1.94 bits per heavy atom. The summed E-state index contributed by atoms with van der Waals surface area (Å²) in [5.74, 6) is 0.325. The van der Waals surface area contributed by atoms with Crippen LogP contribution in [0.15, 0.2) is 11.6 Å². The maximum Gasteiger partial charge on any atom is 0.171 e. The summed E-state index contributed by atoms with van der Waals surface area (Å²) in [6, 6.07) is 0. The fraction of sp³-hybridized carbons (Fsp3) is 0.786. The van der Waals surface area contributed by atoms with Crippen LogP contribution in [0.1, 0.15) is 47.5 Å². The van der Waals surface area contributed by atoms with Crippen molar-refractivity contribution >= 4 is 16.6 Å². The Balaban J connectivity index is 2.28. The molecule has 0 amide bonds. The minimum atomic E-state index is -1.09. The molecule has 0 saturated heterocycles. The highest BCUT2D eigenvalue weighted by Crippen LogP contribution is 2.50.